The molecule has 3 aromatic rings. The number of aliphatic carboxylic acids is 1. The molecule has 0 unspecified atom stereocenters. The number of hydrogen-bond acceptors (Lipinski definition) is 9. The molecule has 1 aliphatic carbocycles. The van der Waals surface area contributed by atoms with E-state index in [1.54, 1.807) is 27.7 Å². The molecule has 16 heteroatoms. The minimum absolute atomic E-state index is 0.00190. The quantitative estimate of drug-likeness (QED) is 0.0405. The number of carbonyl (C=O) groups excluding carboxylic acids is 3. The molecule has 0 aromatic heterocycles. The minimum atomic E-state index is -4.20. The summed E-state index contributed by atoms with van der Waals surface area (Å²) in [5.41, 5.74) is 4.59. The predicted molar refractivity (Wildman–Crippen MR) is 228 cm³/mol. The molecule has 5 rings (SSSR count). The fraction of sp³-hybridized carbons (Fsp3) is 0.432. The van der Waals surface area contributed by atoms with E-state index in [1.807, 2.05) is 62.4 Å². The fourth-order valence-electron chi connectivity index (χ4n) is 7.93. The average molecular weight is 845 g/mol. The van der Waals surface area contributed by atoms with E-state index in [4.69, 9.17) is 14.9 Å². The molecule has 322 valence electrons. The molecule has 0 radical (unpaired) electrons. The molecule has 0 saturated heterocycles. The number of ether oxygens (including phenoxy) is 2. The summed E-state index contributed by atoms with van der Waals surface area (Å²) >= 11 is 0. The maximum atomic E-state index is 13.9. The minimum Gasteiger partial charge on any atom is -0.487 e. The third-order valence-corrected chi connectivity index (χ3v) is 12.8. The van der Waals surface area contributed by atoms with E-state index >= 15 is 0 Å². The van der Waals surface area contributed by atoms with E-state index in [0.717, 1.165) is 27.8 Å². The van der Waals surface area contributed by atoms with E-state index in [9.17, 15) is 32.7 Å². The highest BCUT2D eigenvalue weighted by Crippen LogP contribution is 2.45. The molecule has 0 saturated carbocycles. The van der Waals surface area contributed by atoms with E-state index < -0.39 is 63.1 Å². The smallest absolute Gasteiger partial charge is 0.408 e. The highest BCUT2D eigenvalue weighted by molar-refractivity contribution is 7.90. The standard InChI is InChI=1S/C44H56N6O9S/c1-9-21-44(8,49-42(55)58-24-33-30-18-13-11-16-28(30)29-17-12-14-19-31(29)33)40(54)48-35(38(51)47-34(10-2)39(52)53)20-15-22-46-41(45)50-60(56,57)37-26(4)25(3)36-32(27(37)5)23-43(6,7)59-36/h9,11-14,16-19,33-35H,1,10,15,20-24H2,2-8H3,(H,47,51)(H,48,54)(H,49,55)(H,52,53)(H3,45,46,50)/t34-,35-,44+/m0/s1. The van der Waals surface area contributed by atoms with Crippen molar-refractivity contribution in [1.82, 2.24) is 26.0 Å². The summed E-state index contributed by atoms with van der Waals surface area (Å²) in [4.78, 5) is 52.6. The summed E-state index contributed by atoms with van der Waals surface area (Å²) in [5, 5.41) is 28.5. The number of carboxylic acid groups (broad SMARTS) is 1. The monoisotopic (exact) mass is 844 g/mol. The molecule has 1 aliphatic heterocycles. The number of carboxylic acids is 1. The number of fused-ring (bicyclic) bond motifs is 4. The number of hydrogen-bond donors (Lipinski definition) is 7. The normalized spacial score (nSPS) is 15.7. The third-order valence-electron chi connectivity index (χ3n) is 11.2. The number of amides is 3. The van der Waals surface area contributed by atoms with Gasteiger partial charge >= 0.3 is 12.1 Å². The lowest BCUT2D eigenvalue weighted by Gasteiger charge is -2.31. The van der Waals surface area contributed by atoms with Crippen molar-refractivity contribution >= 4 is 39.9 Å². The van der Waals surface area contributed by atoms with Gasteiger partial charge in [-0.15, -0.1) is 6.58 Å². The lowest BCUT2D eigenvalue weighted by molar-refractivity contribution is -0.142. The van der Waals surface area contributed by atoms with Crippen LogP contribution >= 0.6 is 0 Å². The van der Waals surface area contributed by atoms with Crippen molar-refractivity contribution in [2.45, 2.75) is 115 Å². The van der Waals surface area contributed by atoms with Gasteiger partial charge in [-0.2, -0.15) is 0 Å². The molecule has 15 nitrogen and oxygen atoms in total. The van der Waals surface area contributed by atoms with E-state index in [0.29, 0.717) is 28.9 Å². The van der Waals surface area contributed by atoms with Crippen molar-refractivity contribution < 1.29 is 42.2 Å². The van der Waals surface area contributed by atoms with Gasteiger partial charge in [0.1, 0.15) is 35.6 Å². The first kappa shape index (κ1) is 45.2. The second-order valence-corrected chi connectivity index (χ2v) is 17.8. The Morgan fingerprint density at radius 2 is 1.62 bits per heavy atom. The van der Waals surface area contributed by atoms with Crippen LogP contribution in [0.25, 0.3) is 11.1 Å². The van der Waals surface area contributed by atoms with Gasteiger partial charge in [0.15, 0.2) is 0 Å². The van der Waals surface area contributed by atoms with E-state index in [2.05, 4.69) is 32.6 Å². The number of nitrogens with one attached hydrogen (secondary N) is 6. The predicted octanol–water partition coefficient (Wildman–Crippen LogP) is 5.25. The Balaban J connectivity index is 1.23. The topological polar surface area (TPSA) is 225 Å². The number of rotatable bonds is 17. The Morgan fingerprint density at radius 3 is 2.20 bits per heavy atom. The average Bonchev–Trinajstić information content (AvgIpc) is 3.69. The summed E-state index contributed by atoms with van der Waals surface area (Å²) < 4.78 is 41.4. The molecule has 3 atom stereocenters. The maximum Gasteiger partial charge on any atom is 0.408 e. The molecule has 60 heavy (non-hydrogen) atoms. The van der Waals surface area contributed by atoms with Gasteiger partial charge < -0.3 is 35.8 Å². The van der Waals surface area contributed by atoms with Gasteiger partial charge in [-0.05, 0) is 106 Å². The zero-order valence-corrected chi connectivity index (χ0v) is 36.0. The highest BCUT2D eigenvalue weighted by Gasteiger charge is 2.39. The first-order chi connectivity index (χ1) is 28.2. The lowest BCUT2D eigenvalue weighted by Crippen LogP contribution is -2.61. The van der Waals surface area contributed by atoms with Gasteiger partial charge in [-0.1, -0.05) is 61.5 Å². The summed E-state index contributed by atoms with van der Waals surface area (Å²) in [5.74, 6) is -2.83. The number of alkyl carbamates (subject to hydrolysis) is 1. The van der Waals surface area contributed by atoms with Crippen molar-refractivity contribution in [2.24, 2.45) is 0 Å². The van der Waals surface area contributed by atoms with Crippen LogP contribution in [0.1, 0.15) is 92.7 Å². The highest BCUT2D eigenvalue weighted by atomic mass is 32.2. The molecule has 3 amide bonds. The summed E-state index contributed by atoms with van der Waals surface area (Å²) in [7, 11) is -4.20. The Morgan fingerprint density at radius 1 is 1.00 bits per heavy atom. The van der Waals surface area contributed by atoms with Crippen LogP contribution in [-0.2, 0) is 35.6 Å². The summed E-state index contributed by atoms with van der Waals surface area (Å²) in [6.07, 6.45) is 1.22. The van der Waals surface area contributed by atoms with Crippen LogP contribution in [0.15, 0.2) is 66.1 Å². The van der Waals surface area contributed by atoms with Crippen molar-refractivity contribution in [2.75, 3.05) is 13.2 Å². The SMILES string of the molecule is C=CC[C@@](C)(NC(=O)OCC1c2ccccc2-c2ccccc21)C(=O)N[C@@H](CCCNC(=N)NS(=O)(=O)c1c(C)c(C)c2c(c1C)CC(C)(C)O2)C(=O)N[C@@H](CC)C(=O)O. The van der Waals surface area contributed by atoms with Gasteiger partial charge in [-0.3, -0.25) is 15.0 Å². The zero-order valence-electron chi connectivity index (χ0n) is 35.2. The second kappa shape index (κ2) is 18.2. The van der Waals surface area contributed by atoms with Gasteiger partial charge in [0.05, 0.1) is 4.90 Å². The van der Waals surface area contributed by atoms with E-state index in [1.165, 1.54) is 13.0 Å². The van der Waals surface area contributed by atoms with Crippen LogP contribution in [0.5, 0.6) is 5.75 Å². The molecule has 0 bridgehead atoms. The van der Waals surface area contributed by atoms with Gasteiger partial charge in [0, 0.05) is 24.4 Å². The number of carbonyl (C=O) groups is 4. The largest absolute Gasteiger partial charge is 0.487 e. The molecule has 0 fully saturated rings. The maximum absolute atomic E-state index is 13.9. The Kier molecular flexibility index (Phi) is 13.7. The molecule has 0 spiro atoms. The van der Waals surface area contributed by atoms with Crippen molar-refractivity contribution in [3.05, 3.63) is 94.6 Å². The number of benzene rings is 3. The van der Waals surface area contributed by atoms with Gasteiger partial charge in [0.25, 0.3) is 10.0 Å². The van der Waals surface area contributed by atoms with Crippen molar-refractivity contribution in [3.8, 4) is 16.9 Å². The second-order valence-electron chi connectivity index (χ2n) is 16.2. The third kappa shape index (κ3) is 9.75. The van der Waals surface area contributed by atoms with Crippen LogP contribution in [0, 0.1) is 26.2 Å². The summed E-state index contributed by atoms with van der Waals surface area (Å²) in [6, 6.07) is 13.2. The van der Waals surface area contributed by atoms with Crippen LogP contribution in [0.2, 0.25) is 0 Å². The fourth-order valence-corrected chi connectivity index (χ4v) is 9.46. The Labute approximate surface area is 351 Å². The molecule has 3 aromatic carbocycles. The lowest BCUT2D eigenvalue weighted by atomic mass is 9.94. The van der Waals surface area contributed by atoms with Crippen molar-refractivity contribution in [3.63, 3.8) is 0 Å². The molecular weight excluding hydrogens is 789 g/mol. The Hall–Kier alpha value is -5.90. The Bertz CT molecular complexity index is 2260. The number of sulfonamides is 1. The van der Waals surface area contributed by atoms with Crippen LogP contribution in [-0.4, -0.2) is 79.7 Å². The number of guanidine groups is 1. The van der Waals surface area contributed by atoms with Crippen molar-refractivity contribution in [1.29, 1.82) is 5.41 Å². The first-order valence-electron chi connectivity index (χ1n) is 20.0. The van der Waals surface area contributed by atoms with Crippen LogP contribution in [0.4, 0.5) is 4.79 Å². The molecular formula is C44H56N6O9S. The van der Waals surface area contributed by atoms with Crippen LogP contribution < -0.4 is 30.7 Å². The van der Waals surface area contributed by atoms with Gasteiger partial charge in [0.2, 0.25) is 17.8 Å². The first-order valence-corrected chi connectivity index (χ1v) is 21.5. The van der Waals surface area contributed by atoms with Crippen LogP contribution in [0.3, 0.4) is 0 Å². The summed E-state index contributed by atoms with van der Waals surface area (Å²) in [6.45, 7) is 15.9. The molecule has 7 N–H and O–H groups in total. The zero-order chi connectivity index (χ0) is 44.2. The van der Waals surface area contributed by atoms with Gasteiger partial charge in [-0.25, -0.2) is 22.7 Å². The molecule has 1 heterocycles. The van der Waals surface area contributed by atoms with E-state index in [-0.39, 0.29) is 49.6 Å². The molecule has 2 aliphatic rings.